The molecule has 0 aromatic heterocycles. The monoisotopic (exact) mass is 430 g/mol. The van der Waals surface area contributed by atoms with Crippen LogP contribution in [0.2, 0.25) is 0 Å². The number of hydrogen-bond acceptors (Lipinski definition) is 5. The second-order valence-electron chi connectivity index (χ2n) is 7.61. The van der Waals surface area contributed by atoms with Crippen LogP contribution in [-0.2, 0) is 18.9 Å². The van der Waals surface area contributed by atoms with Crippen molar-refractivity contribution in [2.45, 2.75) is 44.9 Å². The number of benzene rings is 1. The predicted molar refractivity (Wildman–Crippen MR) is 104 cm³/mol. The zero-order valence-corrected chi connectivity index (χ0v) is 17.1. The van der Waals surface area contributed by atoms with Gasteiger partial charge in [-0.2, -0.15) is 13.2 Å². The van der Waals surface area contributed by atoms with E-state index in [2.05, 4.69) is 19.1 Å². The third-order valence-corrected chi connectivity index (χ3v) is 4.97. The van der Waals surface area contributed by atoms with Crippen LogP contribution >= 0.6 is 0 Å². The van der Waals surface area contributed by atoms with Crippen molar-refractivity contribution in [3.63, 3.8) is 0 Å². The highest BCUT2D eigenvalue weighted by Crippen LogP contribution is 2.29. The van der Waals surface area contributed by atoms with Gasteiger partial charge in [-0.15, -0.1) is 0 Å². The van der Waals surface area contributed by atoms with Crippen LogP contribution in [0.3, 0.4) is 0 Å². The van der Waals surface area contributed by atoms with Crippen LogP contribution in [0.25, 0.3) is 0 Å². The van der Waals surface area contributed by atoms with E-state index in [1.165, 1.54) is 12.1 Å². The molecular weight excluding hydrogens is 401 g/mol. The summed E-state index contributed by atoms with van der Waals surface area (Å²) in [5.41, 5.74) is 0.748. The second kappa shape index (κ2) is 11.1. The Labute approximate surface area is 175 Å². The van der Waals surface area contributed by atoms with E-state index in [9.17, 15) is 13.2 Å². The van der Waals surface area contributed by atoms with Gasteiger partial charge >= 0.3 is 6.18 Å². The molecule has 2 heterocycles. The fourth-order valence-corrected chi connectivity index (χ4v) is 3.32. The SMILES string of the molecule is CC/C=C/C1COC(CCC2COC(c3ccc(OCC(F)(F)F)cc3)OC2)OC1. The average molecular weight is 430 g/mol. The molecular formula is C22H29F3O5. The quantitative estimate of drug-likeness (QED) is 0.542. The lowest BCUT2D eigenvalue weighted by atomic mass is 10.0. The van der Waals surface area contributed by atoms with Gasteiger partial charge < -0.3 is 23.7 Å². The average Bonchev–Trinajstić information content (AvgIpc) is 2.76. The minimum atomic E-state index is -4.36. The Morgan fingerprint density at radius 1 is 0.967 bits per heavy atom. The highest BCUT2D eigenvalue weighted by Gasteiger charge is 2.29. The van der Waals surface area contributed by atoms with Gasteiger partial charge in [0.2, 0.25) is 0 Å². The van der Waals surface area contributed by atoms with E-state index in [0.717, 1.165) is 24.8 Å². The molecule has 1 aromatic rings. The van der Waals surface area contributed by atoms with E-state index < -0.39 is 19.1 Å². The first kappa shape index (κ1) is 23.1. The van der Waals surface area contributed by atoms with Crippen LogP contribution in [0.4, 0.5) is 13.2 Å². The Morgan fingerprint density at radius 3 is 2.23 bits per heavy atom. The number of allylic oxidation sites excluding steroid dienone is 1. The molecule has 0 spiro atoms. The van der Waals surface area contributed by atoms with Crippen LogP contribution < -0.4 is 4.74 Å². The Kier molecular flexibility index (Phi) is 8.56. The van der Waals surface area contributed by atoms with Crippen LogP contribution in [0.1, 0.15) is 38.0 Å². The summed E-state index contributed by atoms with van der Waals surface area (Å²) in [5, 5.41) is 0. The molecule has 0 saturated carbocycles. The molecule has 0 atom stereocenters. The number of halogens is 3. The van der Waals surface area contributed by atoms with Crippen molar-refractivity contribution in [1.82, 2.24) is 0 Å². The zero-order valence-electron chi connectivity index (χ0n) is 17.1. The Morgan fingerprint density at radius 2 is 1.63 bits per heavy atom. The van der Waals surface area contributed by atoms with Crippen LogP contribution in [0.5, 0.6) is 5.75 Å². The van der Waals surface area contributed by atoms with Gasteiger partial charge in [0.15, 0.2) is 19.2 Å². The molecule has 2 saturated heterocycles. The molecule has 8 heteroatoms. The van der Waals surface area contributed by atoms with Crippen molar-refractivity contribution in [3.05, 3.63) is 42.0 Å². The van der Waals surface area contributed by atoms with Gasteiger partial charge in [0, 0.05) is 17.4 Å². The fourth-order valence-electron chi connectivity index (χ4n) is 3.32. The molecule has 2 fully saturated rings. The normalized spacial score (nSPS) is 28.0. The van der Waals surface area contributed by atoms with Crippen molar-refractivity contribution < 1.29 is 36.9 Å². The first-order chi connectivity index (χ1) is 14.4. The molecule has 30 heavy (non-hydrogen) atoms. The van der Waals surface area contributed by atoms with Crippen LogP contribution in [-0.4, -0.2) is 45.5 Å². The van der Waals surface area contributed by atoms with Crippen molar-refractivity contribution >= 4 is 0 Å². The highest BCUT2D eigenvalue weighted by atomic mass is 19.4. The lowest BCUT2D eigenvalue weighted by molar-refractivity contribution is -0.217. The van der Waals surface area contributed by atoms with Crippen LogP contribution in [0, 0.1) is 11.8 Å². The second-order valence-corrected chi connectivity index (χ2v) is 7.61. The standard InChI is InChI=1S/C22H29F3O5/c1-2-3-4-16-11-26-20(27-12-16)10-5-17-13-28-21(29-14-17)18-6-8-19(9-7-18)30-15-22(23,24)25/h3-4,6-9,16-17,20-21H,2,5,10-15H2,1H3/b4-3+. The topological polar surface area (TPSA) is 46.2 Å². The van der Waals surface area contributed by atoms with Gasteiger partial charge in [-0.1, -0.05) is 31.2 Å². The lowest BCUT2D eigenvalue weighted by Gasteiger charge is -2.32. The summed E-state index contributed by atoms with van der Waals surface area (Å²) in [6.07, 6.45) is 1.89. The van der Waals surface area contributed by atoms with Crippen molar-refractivity contribution in [2.24, 2.45) is 11.8 Å². The molecule has 0 N–H and O–H groups in total. The Balaban J connectivity index is 1.34. The summed E-state index contributed by atoms with van der Waals surface area (Å²) in [7, 11) is 0. The molecule has 0 aliphatic carbocycles. The predicted octanol–water partition coefficient (Wildman–Crippen LogP) is 5.02. The molecule has 168 valence electrons. The zero-order chi connectivity index (χ0) is 21.4. The first-order valence-corrected chi connectivity index (χ1v) is 10.4. The summed E-state index contributed by atoms with van der Waals surface area (Å²) in [5.74, 6) is 0.735. The van der Waals surface area contributed by atoms with E-state index in [-0.39, 0.29) is 18.0 Å². The van der Waals surface area contributed by atoms with E-state index in [1.54, 1.807) is 12.1 Å². The Bertz CT molecular complexity index is 646. The maximum atomic E-state index is 12.2. The maximum Gasteiger partial charge on any atom is 0.422 e. The van der Waals surface area contributed by atoms with Gasteiger partial charge in [0.1, 0.15) is 5.75 Å². The highest BCUT2D eigenvalue weighted by molar-refractivity contribution is 5.28. The van der Waals surface area contributed by atoms with E-state index >= 15 is 0 Å². The third kappa shape index (κ3) is 7.58. The number of hydrogen-bond donors (Lipinski definition) is 0. The van der Waals surface area contributed by atoms with Gasteiger partial charge in [-0.25, -0.2) is 0 Å². The summed E-state index contributed by atoms with van der Waals surface area (Å²) >= 11 is 0. The third-order valence-electron chi connectivity index (χ3n) is 4.97. The number of rotatable bonds is 8. The van der Waals surface area contributed by atoms with Crippen molar-refractivity contribution in [2.75, 3.05) is 33.0 Å². The lowest BCUT2D eigenvalue weighted by Crippen LogP contribution is -2.33. The minimum Gasteiger partial charge on any atom is -0.484 e. The number of alkyl halides is 3. The molecule has 2 aliphatic rings. The fraction of sp³-hybridized carbons (Fsp3) is 0.636. The minimum absolute atomic E-state index is 0.157. The van der Waals surface area contributed by atoms with E-state index in [1.807, 2.05) is 0 Å². The smallest absolute Gasteiger partial charge is 0.422 e. The maximum absolute atomic E-state index is 12.2. The molecule has 1 aromatic carbocycles. The Hall–Kier alpha value is -1.61. The first-order valence-electron chi connectivity index (χ1n) is 10.4. The van der Waals surface area contributed by atoms with Crippen molar-refractivity contribution in [1.29, 1.82) is 0 Å². The van der Waals surface area contributed by atoms with Gasteiger partial charge in [0.25, 0.3) is 0 Å². The summed E-state index contributed by atoms with van der Waals surface area (Å²) < 4.78 is 64.5. The van der Waals surface area contributed by atoms with Gasteiger partial charge in [-0.3, -0.25) is 0 Å². The van der Waals surface area contributed by atoms with Crippen molar-refractivity contribution in [3.8, 4) is 5.75 Å². The molecule has 0 radical (unpaired) electrons. The molecule has 0 amide bonds. The number of ether oxygens (including phenoxy) is 5. The molecule has 2 aliphatic heterocycles. The van der Waals surface area contributed by atoms with E-state index in [0.29, 0.717) is 32.3 Å². The van der Waals surface area contributed by atoms with Crippen LogP contribution in [0.15, 0.2) is 36.4 Å². The van der Waals surface area contributed by atoms with E-state index in [4.69, 9.17) is 23.7 Å². The molecule has 0 bridgehead atoms. The summed E-state index contributed by atoms with van der Waals surface area (Å²) in [6, 6.07) is 6.29. The summed E-state index contributed by atoms with van der Waals surface area (Å²) in [6.45, 7) is 3.25. The van der Waals surface area contributed by atoms with Gasteiger partial charge in [0.05, 0.1) is 26.4 Å². The largest absolute Gasteiger partial charge is 0.484 e. The van der Waals surface area contributed by atoms with Gasteiger partial charge in [-0.05, 0) is 31.4 Å². The molecule has 0 unspecified atom stereocenters. The molecule has 5 nitrogen and oxygen atoms in total. The summed E-state index contributed by atoms with van der Waals surface area (Å²) in [4.78, 5) is 0. The molecule has 3 rings (SSSR count).